The highest BCUT2D eigenvalue weighted by molar-refractivity contribution is 6.35. The van der Waals surface area contributed by atoms with Crippen LogP contribution in [0.15, 0.2) is 58.6 Å². The minimum atomic E-state index is -0.561. The van der Waals surface area contributed by atoms with Gasteiger partial charge in [-0.15, -0.1) is 0 Å². The van der Waals surface area contributed by atoms with Crippen molar-refractivity contribution in [3.8, 4) is 5.75 Å². The van der Waals surface area contributed by atoms with Gasteiger partial charge in [0.15, 0.2) is 5.82 Å². The van der Waals surface area contributed by atoms with Crippen LogP contribution in [0.4, 0.5) is 5.82 Å². The molecule has 0 radical (unpaired) electrons. The third kappa shape index (κ3) is 4.81. The van der Waals surface area contributed by atoms with Crippen LogP contribution in [0.3, 0.4) is 0 Å². The third-order valence-electron chi connectivity index (χ3n) is 3.27. The minimum absolute atomic E-state index is 0.233. The largest absolute Gasteiger partial charge is 0.488 e. The lowest BCUT2D eigenvalue weighted by Crippen LogP contribution is -2.13. The van der Waals surface area contributed by atoms with Gasteiger partial charge in [-0.1, -0.05) is 41.4 Å². The number of benzene rings is 2. The van der Waals surface area contributed by atoms with Crippen molar-refractivity contribution < 1.29 is 4.74 Å². The van der Waals surface area contributed by atoms with Crippen molar-refractivity contribution in [2.24, 2.45) is 5.10 Å². The second kappa shape index (κ2) is 8.46. The van der Waals surface area contributed by atoms with Crippen LogP contribution in [0.25, 0.3) is 0 Å². The van der Waals surface area contributed by atoms with E-state index in [2.05, 4.69) is 25.7 Å². The van der Waals surface area contributed by atoms with Gasteiger partial charge in [0.05, 0.1) is 12.4 Å². The Morgan fingerprint density at radius 1 is 1.23 bits per heavy atom. The predicted molar refractivity (Wildman–Crippen MR) is 101 cm³/mol. The molecule has 2 N–H and O–H groups in total. The fraction of sp³-hybridized carbons (Fsp3) is 0.0588. The van der Waals surface area contributed by atoms with Crippen molar-refractivity contribution in [1.29, 1.82) is 0 Å². The lowest BCUT2D eigenvalue weighted by molar-refractivity contribution is 0.306. The van der Waals surface area contributed by atoms with E-state index in [1.165, 1.54) is 6.20 Å². The Bertz CT molecular complexity index is 991. The molecule has 0 atom stereocenters. The highest BCUT2D eigenvalue weighted by Gasteiger charge is 2.05. The van der Waals surface area contributed by atoms with Crippen molar-refractivity contribution >= 4 is 35.2 Å². The summed E-state index contributed by atoms with van der Waals surface area (Å²) in [5, 5.41) is 11.0. The van der Waals surface area contributed by atoms with Gasteiger partial charge >= 0.3 is 5.69 Å². The molecule has 132 valence electrons. The van der Waals surface area contributed by atoms with Crippen LogP contribution in [-0.2, 0) is 6.61 Å². The molecule has 1 aromatic heterocycles. The summed E-state index contributed by atoms with van der Waals surface area (Å²) in [7, 11) is 0. The van der Waals surface area contributed by atoms with Crippen LogP contribution in [0.2, 0.25) is 10.0 Å². The Hall–Kier alpha value is -2.90. The number of H-pyrrole nitrogens is 1. The van der Waals surface area contributed by atoms with Gasteiger partial charge in [0.25, 0.3) is 0 Å². The van der Waals surface area contributed by atoms with Crippen LogP contribution in [0.5, 0.6) is 5.75 Å². The second-order valence-electron chi connectivity index (χ2n) is 5.10. The number of rotatable bonds is 6. The first-order valence-corrected chi connectivity index (χ1v) is 8.24. The van der Waals surface area contributed by atoms with Crippen molar-refractivity contribution in [3.63, 3.8) is 0 Å². The second-order valence-corrected chi connectivity index (χ2v) is 5.95. The molecule has 0 aliphatic rings. The number of hydrogen-bond acceptors (Lipinski definition) is 6. The summed E-state index contributed by atoms with van der Waals surface area (Å²) in [6.07, 6.45) is 2.91. The van der Waals surface area contributed by atoms with Gasteiger partial charge in [-0.05, 0) is 24.3 Å². The number of nitrogens with one attached hydrogen (secondary N) is 2. The molecule has 0 amide bonds. The molecule has 0 unspecified atom stereocenters. The number of hydrogen-bond donors (Lipinski definition) is 2. The Kier molecular flexibility index (Phi) is 5.83. The molecule has 9 heteroatoms. The quantitative estimate of drug-likeness (QED) is 0.497. The van der Waals surface area contributed by atoms with E-state index in [9.17, 15) is 4.79 Å². The Labute approximate surface area is 158 Å². The fourth-order valence-corrected chi connectivity index (χ4v) is 2.51. The van der Waals surface area contributed by atoms with E-state index in [0.29, 0.717) is 15.8 Å². The first kappa shape index (κ1) is 17.9. The van der Waals surface area contributed by atoms with Crippen molar-refractivity contribution in [3.05, 3.63) is 80.3 Å². The van der Waals surface area contributed by atoms with Crippen molar-refractivity contribution in [2.75, 3.05) is 5.43 Å². The monoisotopic (exact) mass is 389 g/mol. The van der Waals surface area contributed by atoms with E-state index in [-0.39, 0.29) is 12.4 Å². The number of hydrazone groups is 1. The van der Waals surface area contributed by atoms with Crippen LogP contribution < -0.4 is 15.9 Å². The van der Waals surface area contributed by atoms with Crippen LogP contribution in [0, 0.1) is 0 Å². The number of aromatic nitrogens is 3. The van der Waals surface area contributed by atoms with Gasteiger partial charge < -0.3 is 4.74 Å². The van der Waals surface area contributed by atoms with Gasteiger partial charge in [0.2, 0.25) is 0 Å². The summed E-state index contributed by atoms with van der Waals surface area (Å²) in [5.74, 6) is 0.859. The number of para-hydroxylation sites is 1. The maximum Gasteiger partial charge on any atom is 0.363 e. The molecule has 1 heterocycles. The molecule has 0 spiro atoms. The first-order chi connectivity index (χ1) is 12.6. The number of anilines is 1. The van der Waals surface area contributed by atoms with Crippen molar-refractivity contribution in [2.45, 2.75) is 6.61 Å². The van der Waals surface area contributed by atoms with Gasteiger partial charge in [0, 0.05) is 21.2 Å². The summed E-state index contributed by atoms with van der Waals surface area (Å²) < 4.78 is 5.84. The maximum atomic E-state index is 11.1. The third-order valence-corrected chi connectivity index (χ3v) is 3.86. The Morgan fingerprint density at radius 2 is 2.08 bits per heavy atom. The van der Waals surface area contributed by atoms with E-state index in [1.54, 1.807) is 18.3 Å². The van der Waals surface area contributed by atoms with Crippen LogP contribution >= 0.6 is 23.2 Å². The molecule has 0 bridgehead atoms. The van der Waals surface area contributed by atoms with Gasteiger partial charge in [-0.25, -0.2) is 9.89 Å². The average Bonchev–Trinajstić information content (AvgIpc) is 2.62. The lowest BCUT2D eigenvalue weighted by atomic mass is 10.2. The molecule has 7 nitrogen and oxygen atoms in total. The SMILES string of the molecule is O=c1nc(N/N=C/c2ccccc2OCc2ccc(Cl)cc2Cl)cn[nH]1. The molecule has 0 aliphatic carbocycles. The molecule has 2 aromatic carbocycles. The van der Waals surface area contributed by atoms with Gasteiger partial charge in [0.1, 0.15) is 12.4 Å². The Balaban J connectivity index is 1.69. The summed E-state index contributed by atoms with van der Waals surface area (Å²) in [6, 6.07) is 12.6. The molecule has 0 aliphatic heterocycles. The van der Waals surface area contributed by atoms with E-state index in [0.717, 1.165) is 11.1 Å². The zero-order valence-corrected chi connectivity index (χ0v) is 14.8. The Morgan fingerprint density at radius 3 is 2.88 bits per heavy atom. The number of aromatic amines is 1. The maximum absolute atomic E-state index is 11.1. The van der Waals surface area contributed by atoms with E-state index < -0.39 is 5.69 Å². The zero-order valence-electron chi connectivity index (χ0n) is 13.3. The molecule has 3 aromatic rings. The molecular formula is C17H13Cl2N5O2. The number of nitrogens with zero attached hydrogens (tertiary/aromatic N) is 3. The first-order valence-electron chi connectivity index (χ1n) is 7.48. The molecule has 3 rings (SSSR count). The van der Waals surface area contributed by atoms with Crippen LogP contribution in [-0.4, -0.2) is 21.4 Å². The van der Waals surface area contributed by atoms with E-state index >= 15 is 0 Å². The van der Waals surface area contributed by atoms with E-state index in [1.807, 2.05) is 30.3 Å². The highest BCUT2D eigenvalue weighted by Crippen LogP contribution is 2.23. The molecule has 0 saturated heterocycles. The standard InChI is InChI=1S/C17H13Cl2N5O2/c18-13-6-5-12(14(19)7-13)10-26-15-4-2-1-3-11(15)8-20-23-16-9-21-24-17(25)22-16/h1-9H,10H2,(H2,22,23,24,25)/b20-8+. The molecule has 0 fully saturated rings. The smallest absolute Gasteiger partial charge is 0.363 e. The summed E-state index contributed by atoms with van der Waals surface area (Å²) >= 11 is 12.1. The lowest BCUT2D eigenvalue weighted by Gasteiger charge is -2.10. The molecule has 0 saturated carbocycles. The molecular weight excluding hydrogens is 377 g/mol. The molecule has 26 heavy (non-hydrogen) atoms. The topological polar surface area (TPSA) is 92.3 Å². The highest BCUT2D eigenvalue weighted by atomic mass is 35.5. The number of ether oxygens (including phenoxy) is 1. The summed E-state index contributed by atoms with van der Waals surface area (Å²) in [6.45, 7) is 0.286. The number of halogens is 2. The normalized spacial score (nSPS) is 10.8. The summed E-state index contributed by atoms with van der Waals surface area (Å²) in [5.41, 5.74) is 3.63. The van der Waals surface area contributed by atoms with E-state index in [4.69, 9.17) is 27.9 Å². The predicted octanol–water partition coefficient (Wildman–Crippen LogP) is 3.50. The van der Waals surface area contributed by atoms with Gasteiger partial charge in [-0.3, -0.25) is 5.43 Å². The van der Waals surface area contributed by atoms with Crippen molar-refractivity contribution in [1.82, 2.24) is 15.2 Å². The summed E-state index contributed by atoms with van der Waals surface area (Å²) in [4.78, 5) is 14.8. The fourth-order valence-electron chi connectivity index (χ4n) is 2.05. The van der Waals surface area contributed by atoms with Gasteiger partial charge in [-0.2, -0.15) is 15.2 Å². The average molecular weight is 390 g/mol. The minimum Gasteiger partial charge on any atom is -0.488 e. The zero-order chi connectivity index (χ0) is 18.4. The van der Waals surface area contributed by atoms with Crippen LogP contribution in [0.1, 0.15) is 11.1 Å².